The third-order valence-electron chi connectivity index (χ3n) is 3.25. The number of phenolic OH excluding ortho intramolecular Hbond substituents is 1. The Bertz CT molecular complexity index is 752. The number of phenols is 1. The molecule has 0 aliphatic carbocycles. The second-order valence-electron chi connectivity index (χ2n) is 4.84. The van der Waals surface area contributed by atoms with Gasteiger partial charge in [-0.05, 0) is 30.7 Å². The molecule has 0 atom stereocenters. The van der Waals surface area contributed by atoms with Crippen LogP contribution in [0, 0.1) is 0 Å². The van der Waals surface area contributed by atoms with Gasteiger partial charge in [-0.1, -0.05) is 25.5 Å². The number of pyridine rings is 1. The van der Waals surface area contributed by atoms with Crippen LogP contribution in [0.15, 0.2) is 48.0 Å². The second kappa shape index (κ2) is 6.06. The van der Waals surface area contributed by atoms with E-state index in [9.17, 15) is 5.11 Å². The van der Waals surface area contributed by atoms with Crippen LogP contribution < -0.4 is 0 Å². The maximum Gasteiger partial charge on any atom is 0.125 e. The molecule has 0 unspecified atom stereocenters. The molecule has 0 amide bonds. The van der Waals surface area contributed by atoms with Crippen molar-refractivity contribution in [3.8, 4) is 27.6 Å². The molecule has 3 aromatic rings. The highest BCUT2D eigenvalue weighted by atomic mass is 32.1. The van der Waals surface area contributed by atoms with Crippen molar-refractivity contribution >= 4 is 11.3 Å². The average Bonchev–Trinajstić information content (AvgIpc) is 2.98. The summed E-state index contributed by atoms with van der Waals surface area (Å²) in [6.07, 6.45) is 3.89. The minimum Gasteiger partial charge on any atom is -0.507 e. The lowest BCUT2D eigenvalue weighted by Crippen LogP contribution is -1.89. The van der Waals surface area contributed by atoms with Crippen LogP contribution >= 0.6 is 11.3 Å². The van der Waals surface area contributed by atoms with Gasteiger partial charge in [0.25, 0.3) is 0 Å². The van der Waals surface area contributed by atoms with E-state index in [1.165, 1.54) is 0 Å². The van der Waals surface area contributed by atoms with Crippen molar-refractivity contribution in [2.45, 2.75) is 19.8 Å². The molecule has 106 valence electrons. The third-order valence-corrected chi connectivity index (χ3v) is 4.15. The number of aromatic hydroxyl groups is 1. The Morgan fingerprint density at radius 2 is 2.05 bits per heavy atom. The van der Waals surface area contributed by atoms with Crippen molar-refractivity contribution in [1.82, 2.24) is 9.97 Å². The molecule has 1 aromatic carbocycles. The predicted octanol–water partition coefficient (Wildman–Crippen LogP) is 4.53. The highest BCUT2D eigenvalue weighted by Crippen LogP contribution is 2.33. The lowest BCUT2D eigenvalue weighted by molar-refractivity contribution is 0.477. The highest BCUT2D eigenvalue weighted by Gasteiger charge is 2.10. The Morgan fingerprint density at radius 3 is 2.86 bits per heavy atom. The molecule has 3 nitrogen and oxygen atoms in total. The summed E-state index contributed by atoms with van der Waals surface area (Å²) in [7, 11) is 0. The van der Waals surface area contributed by atoms with Gasteiger partial charge in [0.05, 0.1) is 5.69 Å². The molecule has 2 aromatic heterocycles. The Morgan fingerprint density at radius 1 is 1.19 bits per heavy atom. The molecule has 1 N–H and O–H groups in total. The number of nitrogens with zero attached hydrogens (tertiary/aromatic N) is 2. The molecule has 0 saturated heterocycles. The SMILES string of the molecule is CCCc1cc(-c2nc(-c3ccccc3O)cs2)ccn1. The molecule has 2 heterocycles. The summed E-state index contributed by atoms with van der Waals surface area (Å²) in [5.74, 6) is 0.260. The minimum atomic E-state index is 0.260. The molecule has 4 heteroatoms. The molecule has 0 aliphatic rings. The van der Waals surface area contributed by atoms with Crippen LogP contribution in [-0.2, 0) is 6.42 Å². The summed E-state index contributed by atoms with van der Waals surface area (Å²) >= 11 is 1.58. The summed E-state index contributed by atoms with van der Waals surface area (Å²) in [5, 5.41) is 12.8. The van der Waals surface area contributed by atoms with Crippen molar-refractivity contribution in [2.24, 2.45) is 0 Å². The van der Waals surface area contributed by atoms with E-state index in [1.54, 1.807) is 17.4 Å². The molecular formula is C17H16N2OS. The maximum atomic E-state index is 9.91. The van der Waals surface area contributed by atoms with E-state index in [0.717, 1.165) is 40.4 Å². The molecule has 3 rings (SSSR count). The van der Waals surface area contributed by atoms with E-state index < -0.39 is 0 Å². The van der Waals surface area contributed by atoms with Crippen LogP contribution in [-0.4, -0.2) is 15.1 Å². The van der Waals surface area contributed by atoms with Gasteiger partial charge in [0.2, 0.25) is 0 Å². The fourth-order valence-corrected chi connectivity index (χ4v) is 3.04. The first-order chi connectivity index (χ1) is 10.3. The minimum absolute atomic E-state index is 0.260. The molecule has 0 radical (unpaired) electrons. The monoisotopic (exact) mass is 296 g/mol. The first kappa shape index (κ1) is 13.8. The summed E-state index contributed by atoms with van der Waals surface area (Å²) in [4.78, 5) is 9.01. The van der Waals surface area contributed by atoms with E-state index >= 15 is 0 Å². The van der Waals surface area contributed by atoms with Gasteiger partial charge in [-0.3, -0.25) is 4.98 Å². The lowest BCUT2D eigenvalue weighted by Gasteiger charge is -2.01. The normalized spacial score (nSPS) is 10.7. The van der Waals surface area contributed by atoms with Crippen LogP contribution in [0.5, 0.6) is 5.75 Å². The quantitative estimate of drug-likeness (QED) is 0.769. The van der Waals surface area contributed by atoms with Gasteiger partial charge in [0.1, 0.15) is 10.8 Å². The summed E-state index contributed by atoms with van der Waals surface area (Å²) < 4.78 is 0. The van der Waals surface area contributed by atoms with Gasteiger partial charge < -0.3 is 5.11 Å². The molecule has 0 fully saturated rings. The molecule has 21 heavy (non-hydrogen) atoms. The number of rotatable bonds is 4. The number of aryl methyl sites for hydroxylation is 1. The summed E-state index contributed by atoms with van der Waals surface area (Å²) in [5.41, 5.74) is 3.75. The van der Waals surface area contributed by atoms with E-state index in [1.807, 2.05) is 35.8 Å². The van der Waals surface area contributed by atoms with E-state index in [0.29, 0.717) is 0 Å². The van der Waals surface area contributed by atoms with E-state index in [-0.39, 0.29) is 5.75 Å². The first-order valence-corrected chi connectivity index (χ1v) is 7.85. The van der Waals surface area contributed by atoms with Gasteiger partial charge in [-0.2, -0.15) is 0 Å². The fourth-order valence-electron chi connectivity index (χ4n) is 2.22. The number of hydrogen-bond acceptors (Lipinski definition) is 4. The zero-order chi connectivity index (χ0) is 14.7. The first-order valence-electron chi connectivity index (χ1n) is 6.97. The van der Waals surface area contributed by atoms with Gasteiger partial charge >= 0.3 is 0 Å². The Kier molecular flexibility index (Phi) is 3.97. The summed E-state index contributed by atoms with van der Waals surface area (Å²) in [6, 6.07) is 11.3. The van der Waals surface area contributed by atoms with E-state index in [2.05, 4.69) is 23.0 Å². The molecule has 0 bridgehead atoms. The number of thiazole rings is 1. The van der Waals surface area contributed by atoms with Crippen molar-refractivity contribution in [3.63, 3.8) is 0 Å². The van der Waals surface area contributed by atoms with Crippen LogP contribution in [0.25, 0.3) is 21.8 Å². The predicted molar refractivity (Wildman–Crippen MR) is 86.4 cm³/mol. The largest absolute Gasteiger partial charge is 0.507 e. The molecule has 0 saturated carbocycles. The Labute approximate surface area is 128 Å². The van der Waals surface area contributed by atoms with E-state index in [4.69, 9.17) is 0 Å². The zero-order valence-electron chi connectivity index (χ0n) is 11.8. The lowest BCUT2D eigenvalue weighted by atomic mass is 10.1. The number of benzene rings is 1. The van der Waals surface area contributed by atoms with Crippen LogP contribution in [0.4, 0.5) is 0 Å². The van der Waals surface area contributed by atoms with Gasteiger partial charge in [-0.15, -0.1) is 11.3 Å². The topological polar surface area (TPSA) is 46.0 Å². The number of hydrogen-bond donors (Lipinski definition) is 1. The molecule has 0 spiro atoms. The van der Waals surface area contributed by atoms with Crippen LogP contribution in [0.2, 0.25) is 0 Å². The van der Waals surface area contributed by atoms with Crippen molar-refractivity contribution in [2.75, 3.05) is 0 Å². The summed E-state index contributed by atoms with van der Waals surface area (Å²) in [6.45, 7) is 2.15. The van der Waals surface area contributed by atoms with Crippen molar-refractivity contribution in [1.29, 1.82) is 0 Å². The van der Waals surface area contributed by atoms with Gasteiger partial charge in [-0.25, -0.2) is 4.98 Å². The maximum absolute atomic E-state index is 9.91. The van der Waals surface area contributed by atoms with Gasteiger partial charge in [0.15, 0.2) is 0 Å². The highest BCUT2D eigenvalue weighted by molar-refractivity contribution is 7.13. The molecule has 0 aliphatic heterocycles. The van der Waals surface area contributed by atoms with Gasteiger partial charge in [0, 0.05) is 28.4 Å². The average molecular weight is 296 g/mol. The van der Waals surface area contributed by atoms with Crippen LogP contribution in [0.3, 0.4) is 0 Å². The smallest absolute Gasteiger partial charge is 0.125 e. The Balaban J connectivity index is 1.95. The standard InChI is InChI=1S/C17H16N2OS/c1-2-5-13-10-12(8-9-18-13)17-19-15(11-21-17)14-6-3-4-7-16(14)20/h3-4,6-11,20H,2,5H2,1H3. The fraction of sp³-hybridized carbons (Fsp3) is 0.176. The molecular weight excluding hydrogens is 280 g/mol. The Hall–Kier alpha value is -2.20. The number of aromatic nitrogens is 2. The number of para-hydroxylation sites is 1. The van der Waals surface area contributed by atoms with Crippen molar-refractivity contribution < 1.29 is 5.11 Å². The van der Waals surface area contributed by atoms with Crippen molar-refractivity contribution in [3.05, 3.63) is 53.7 Å². The third kappa shape index (κ3) is 2.95. The second-order valence-corrected chi connectivity index (χ2v) is 5.70. The zero-order valence-corrected chi connectivity index (χ0v) is 12.6. The van der Waals surface area contributed by atoms with Crippen LogP contribution in [0.1, 0.15) is 19.0 Å².